The number of hydrogen-bond acceptors (Lipinski definition) is 6. The Hall–Kier alpha value is -1.34. The predicted octanol–water partition coefficient (Wildman–Crippen LogP) is 2.62. The van der Waals surface area contributed by atoms with Gasteiger partial charge in [0.25, 0.3) is 0 Å². The summed E-state index contributed by atoms with van der Waals surface area (Å²) in [6.45, 7) is 0. The van der Waals surface area contributed by atoms with Crippen molar-refractivity contribution in [3.63, 3.8) is 0 Å². The van der Waals surface area contributed by atoms with Gasteiger partial charge in [-0.05, 0) is 23.8 Å². The number of nitrogens with two attached hydrogens (primary N) is 1. The molecule has 0 aliphatic heterocycles. The van der Waals surface area contributed by atoms with Crippen LogP contribution in [0.2, 0.25) is 0 Å². The third-order valence-electron chi connectivity index (χ3n) is 2.23. The maximum absolute atomic E-state index is 13.1. The van der Waals surface area contributed by atoms with Gasteiger partial charge < -0.3 is 10.6 Å². The maximum atomic E-state index is 13.1. The second-order valence-corrected chi connectivity index (χ2v) is 6.06. The van der Waals surface area contributed by atoms with Crippen LogP contribution in [-0.4, -0.2) is 24.3 Å². The van der Waals surface area contributed by atoms with Crippen molar-refractivity contribution in [1.29, 1.82) is 0 Å². The van der Waals surface area contributed by atoms with E-state index in [1.807, 2.05) is 19.0 Å². The van der Waals surface area contributed by atoms with Gasteiger partial charge in [-0.15, -0.1) is 10.2 Å². The third kappa shape index (κ3) is 3.11. The predicted molar refractivity (Wildman–Crippen MR) is 74.6 cm³/mol. The van der Waals surface area contributed by atoms with Gasteiger partial charge in [0.2, 0.25) is 5.13 Å². The minimum Gasteiger partial charge on any atom is -0.398 e. The molecule has 0 aliphatic carbocycles. The van der Waals surface area contributed by atoms with E-state index in [9.17, 15) is 4.39 Å². The molecular weight excluding hydrogens is 271 g/mol. The zero-order chi connectivity index (χ0) is 13.1. The molecule has 2 rings (SSSR count). The van der Waals surface area contributed by atoms with E-state index in [1.165, 1.54) is 35.2 Å². The molecule has 2 N–H and O–H groups in total. The monoisotopic (exact) mass is 284 g/mol. The first-order valence-electron chi connectivity index (χ1n) is 5.24. The highest BCUT2D eigenvalue weighted by Gasteiger charge is 2.08. The van der Waals surface area contributed by atoms with Gasteiger partial charge in [-0.3, -0.25) is 0 Å². The average Bonchev–Trinajstić information content (AvgIpc) is 2.79. The Morgan fingerprint density at radius 3 is 2.83 bits per heavy atom. The quantitative estimate of drug-likeness (QED) is 0.691. The van der Waals surface area contributed by atoms with Gasteiger partial charge in [-0.1, -0.05) is 23.1 Å². The molecule has 4 nitrogen and oxygen atoms in total. The minimum absolute atomic E-state index is 0.272. The van der Waals surface area contributed by atoms with Crippen LogP contribution in [0.5, 0.6) is 0 Å². The van der Waals surface area contributed by atoms with Gasteiger partial charge in [0.1, 0.15) is 5.82 Å². The number of thioether (sulfide) groups is 1. The summed E-state index contributed by atoms with van der Waals surface area (Å²) in [5, 5.41) is 8.95. The highest BCUT2D eigenvalue weighted by molar-refractivity contribution is 8.00. The van der Waals surface area contributed by atoms with E-state index >= 15 is 0 Å². The van der Waals surface area contributed by atoms with Crippen LogP contribution in [0.4, 0.5) is 15.2 Å². The molecule has 2 aromatic rings. The van der Waals surface area contributed by atoms with Gasteiger partial charge >= 0.3 is 0 Å². The molecular formula is C11H13FN4S2. The molecule has 0 amide bonds. The lowest BCUT2D eigenvalue weighted by Gasteiger charge is -2.04. The van der Waals surface area contributed by atoms with Crippen molar-refractivity contribution in [2.24, 2.45) is 0 Å². The number of nitrogens with zero attached hydrogens (tertiary/aromatic N) is 3. The molecule has 0 bridgehead atoms. The molecule has 0 spiro atoms. The molecule has 7 heteroatoms. The molecule has 0 aliphatic rings. The smallest absolute Gasteiger partial charge is 0.208 e. The fraction of sp³-hybridized carbons (Fsp3) is 0.273. The van der Waals surface area contributed by atoms with Crippen LogP contribution in [0.15, 0.2) is 22.5 Å². The Kier molecular flexibility index (Phi) is 4.03. The van der Waals surface area contributed by atoms with Gasteiger partial charge in [0.15, 0.2) is 4.34 Å². The molecule has 1 aromatic heterocycles. The van der Waals surface area contributed by atoms with Crippen molar-refractivity contribution in [3.8, 4) is 0 Å². The van der Waals surface area contributed by atoms with Gasteiger partial charge in [-0.25, -0.2) is 4.39 Å². The number of halogens is 1. The Morgan fingerprint density at radius 1 is 1.39 bits per heavy atom. The van der Waals surface area contributed by atoms with Gasteiger partial charge in [0, 0.05) is 25.5 Å². The van der Waals surface area contributed by atoms with Gasteiger partial charge in [0.05, 0.1) is 0 Å². The van der Waals surface area contributed by atoms with Crippen LogP contribution in [0.3, 0.4) is 0 Å². The van der Waals surface area contributed by atoms with E-state index in [4.69, 9.17) is 5.73 Å². The minimum atomic E-state index is -0.272. The normalized spacial score (nSPS) is 10.6. The molecule has 0 saturated carbocycles. The zero-order valence-corrected chi connectivity index (χ0v) is 11.7. The van der Waals surface area contributed by atoms with Crippen LogP contribution >= 0.6 is 23.1 Å². The number of nitrogen functional groups attached to an aromatic ring is 1. The van der Waals surface area contributed by atoms with Crippen LogP contribution in [-0.2, 0) is 5.75 Å². The fourth-order valence-electron chi connectivity index (χ4n) is 1.28. The van der Waals surface area contributed by atoms with Crippen molar-refractivity contribution >= 4 is 33.9 Å². The molecule has 0 atom stereocenters. The van der Waals surface area contributed by atoms with E-state index in [-0.39, 0.29) is 5.82 Å². The number of anilines is 2. The number of aromatic nitrogens is 2. The topological polar surface area (TPSA) is 55.0 Å². The number of hydrogen-bond donors (Lipinski definition) is 1. The fourth-order valence-corrected chi connectivity index (χ4v) is 3.05. The van der Waals surface area contributed by atoms with Gasteiger partial charge in [-0.2, -0.15) is 0 Å². The summed E-state index contributed by atoms with van der Waals surface area (Å²) < 4.78 is 13.9. The van der Waals surface area contributed by atoms with E-state index < -0.39 is 0 Å². The SMILES string of the molecule is CN(C)c1nnc(SCc2cc(F)ccc2N)s1. The molecule has 0 saturated heterocycles. The summed E-state index contributed by atoms with van der Waals surface area (Å²) in [4.78, 5) is 1.90. The highest BCUT2D eigenvalue weighted by Crippen LogP contribution is 2.30. The largest absolute Gasteiger partial charge is 0.398 e. The van der Waals surface area contributed by atoms with Crippen LogP contribution < -0.4 is 10.6 Å². The molecule has 1 heterocycles. The van der Waals surface area contributed by atoms with Crippen molar-refractivity contribution in [2.75, 3.05) is 24.7 Å². The lowest BCUT2D eigenvalue weighted by molar-refractivity contribution is 0.627. The number of rotatable bonds is 4. The molecule has 1 aromatic carbocycles. The first-order chi connectivity index (χ1) is 8.56. The summed E-state index contributed by atoms with van der Waals surface area (Å²) in [5.41, 5.74) is 7.16. The molecule has 18 heavy (non-hydrogen) atoms. The Bertz CT molecular complexity index is 542. The van der Waals surface area contributed by atoms with Crippen molar-refractivity contribution < 1.29 is 4.39 Å². The first kappa shape index (κ1) is 13.1. The van der Waals surface area contributed by atoms with E-state index in [2.05, 4.69) is 10.2 Å². The summed E-state index contributed by atoms with van der Waals surface area (Å²) >= 11 is 3.01. The molecule has 0 unspecified atom stereocenters. The Morgan fingerprint density at radius 2 is 2.17 bits per heavy atom. The second kappa shape index (κ2) is 5.53. The van der Waals surface area contributed by atoms with E-state index in [0.29, 0.717) is 11.4 Å². The first-order valence-corrected chi connectivity index (χ1v) is 7.04. The molecule has 96 valence electrons. The molecule has 0 fully saturated rings. The Balaban J connectivity index is 2.04. The van der Waals surface area contributed by atoms with Crippen LogP contribution in [0.25, 0.3) is 0 Å². The summed E-state index contributed by atoms with van der Waals surface area (Å²) in [6, 6.07) is 4.39. The standard InChI is InChI=1S/C11H13FN4S2/c1-16(2)10-14-15-11(18-10)17-6-7-5-8(12)3-4-9(7)13/h3-5H,6,13H2,1-2H3. The van der Waals surface area contributed by atoms with E-state index in [1.54, 1.807) is 6.07 Å². The van der Waals surface area contributed by atoms with Crippen molar-refractivity contribution in [2.45, 2.75) is 10.1 Å². The Labute approximate surface area is 113 Å². The summed E-state index contributed by atoms with van der Waals surface area (Å²) in [6.07, 6.45) is 0. The van der Waals surface area contributed by atoms with E-state index in [0.717, 1.165) is 15.0 Å². The second-order valence-electron chi connectivity index (χ2n) is 3.88. The summed E-state index contributed by atoms with van der Waals surface area (Å²) in [5.74, 6) is 0.317. The van der Waals surface area contributed by atoms with Crippen molar-refractivity contribution in [3.05, 3.63) is 29.6 Å². The van der Waals surface area contributed by atoms with Crippen LogP contribution in [0.1, 0.15) is 5.56 Å². The lowest BCUT2D eigenvalue weighted by Crippen LogP contribution is -2.07. The molecule has 0 radical (unpaired) electrons. The van der Waals surface area contributed by atoms with Crippen molar-refractivity contribution in [1.82, 2.24) is 10.2 Å². The zero-order valence-electron chi connectivity index (χ0n) is 10.1. The maximum Gasteiger partial charge on any atom is 0.208 e. The van der Waals surface area contributed by atoms with Crippen LogP contribution in [0, 0.1) is 5.82 Å². The average molecular weight is 284 g/mol. The third-order valence-corrected chi connectivity index (χ3v) is 4.51. The number of benzene rings is 1. The highest BCUT2D eigenvalue weighted by atomic mass is 32.2. The lowest BCUT2D eigenvalue weighted by atomic mass is 10.2. The summed E-state index contributed by atoms with van der Waals surface area (Å²) in [7, 11) is 3.83.